The minimum Gasteiger partial charge on any atom is -0.397 e. The van der Waals surface area contributed by atoms with Crippen LogP contribution in [0.15, 0.2) is 11.8 Å². The second-order valence-corrected chi connectivity index (χ2v) is 3.63. The fourth-order valence-corrected chi connectivity index (χ4v) is 1.52. The Kier molecular flexibility index (Phi) is 2.46. The van der Waals surface area contributed by atoms with Crippen molar-refractivity contribution in [3.63, 3.8) is 0 Å². The fourth-order valence-electron chi connectivity index (χ4n) is 0.731. The third-order valence-corrected chi connectivity index (χ3v) is 2.40. The highest BCUT2D eigenvalue weighted by atomic mass is 32.1. The van der Waals surface area contributed by atoms with Crippen molar-refractivity contribution < 1.29 is 0 Å². The molecule has 0 amide bonds. The van der Waals surface area contributed by atoms with E-state index >= 15 is 0 Å². The highest BCUT2D eigenvalue weighted by Gasteiger charge is 2.03. The Morgan fingerprint density at radius 3 is 2.83 bits per heavy atom. The summed E-state index contributed by atoms with van der Waals surface area (Å²) in [5.41, 5.74) is 6.76. The lowest BCUT2D eigenvalue weighted by molar-refractivity contribution is 1.29. The van der Waals surface area contributed by atoms with Crippen LogP contribution in [-0.4, -0.2) is 4.98 Å². The van der Waals surface area contributed by atoms with Crippen molar-refractivity contribution in [2.45, 2.75) is 13.8 Å². The van der Waals surface area contributed by atoms with Crippen LogP contribution in [0, 0.1) is 18.3 Å². The molecule has 0 saturated carbocycles. The molecule has 0 aliphatic carbocycles. The first-order chi connectivity index (χ1) is 5.65. The van der Waals surface area contributed by atoms with Crippen molar-refractivity contribution in [3.05, 3.63) is 21.7 Å². The van der Waals surface area contributed by atoms with Gasteiger partial charge in [-0.05, 0) is 13.8 Å². The minimum absolute atomic E-state index is 0.531. The van der Waals surface area contributed by atoms with E-state index < -0.39 is 0 Å². The first-order valence-electron chi connectivity index (χ1n) is 3.44. The Morgan fingerprint density at radius 2 is 2.42 bits per heavy atom. The number of aryl methyl sites for hydroxylation is 1. The summed E-state index contributed by atoms with van der Waals surface area (Å²) >= 11 is 1.49. The Bertz CT molecular complexity index is 357. The van der Waals surface area contributed by atoms with E-state index in [4.69, 9.17) is 11.0 Å². The van der Waals surface area contributed by atoms with E-state index in [-0.39, 0.29) is 0 Å². The maximum Gasteiger partial charge on any atom is 0.0966 e. The zero-order valence-electron chi connectivity index (χ0n) is 6.96. The molecule has 1 heterocycles. The number of thiazole rings is 1. The first kappa shape index (κ1) is 8.75. The second kappa shape index (κ2) is 3.37. The topological polar surface area (TPSA) is 62.7 Å². The van der Waals surface area contributed by atoms with Gasteiger partial charge in [-0.1, -0.05) is 0 Å². The molecule has 3 nitrogen and oxygen atoms in total. The molecule has 1 aromatic rings. The molecule has 0 aliphatic heterocycles. The van der Waals surface area contributed by atoms with Crippen LogP contribution in [0.5, 0.6) is 0 Å². The van der Waals surface area contributed by atoms with Gasteiger partial charge >= 0.3 is 0 Å². The molecule has 2 N–H and O–H groups in total. The van der Waals surface area contributed by atoms with Crippen LogP contribution in [0.2, 0.25) is 0 Å². The van der Waals surface area contributed by atoms with Crippen LogP contribution in [0.25, 0.3) is 5.70 Å². The molecular weight excluding hydrogens is 170 g/mol. The van der Waals surface area contributed by atoms with E-state index in [0.29, 0.717) is 11.3 Å². The smallest absolute Gasteiger partial charge is 0.0966 e. The average Bonchev–Trinajstić information content (AvgIpc) is 2.49. The van der Waals surface area contributed by atoms with Gasteiger partial charge in [0.25, 0.3) is 0 Å². The van der Waals surface area contributed by atoms with Crippen LogP contribution in [0.3, 0.4) is 0 Å². The zero-order valence-corrected chi connectivity index (χ0v) is 7.77. The normalized spacial score (nSPS) is 12.1. The molecular formula is C8H9N3S. The molecule has 0 bridgehead atoms. The third kappa shape index (κ3) is 1.63. The number of hydrogen-bond acceptors (Lipinski definition) is 4. The SMILES string of the molecule is CC(C#N)=C(N)c1cnc(C)s1. The summed E-state index contributed by atoms with van der Waals surface area (Å²) in [7, 11) is 0. The Hall–Kier alpha value is -1.34. The summed E-state index contributed by atoms with van der Waals surface area (Å²) in [6.07, 6.45) is 1.69. The number of rotatable bonds is 1. The second-order valence-electron chi connectivity index (χ2n) is 2.39. The van der Waals surface area contributed by atoms with Crippen molar-refractivity contribution in [2.24, 2.45) is 5.73 Å². The van der Waals surface area contributed by atoms with Gasteiger partial charge in [-0.2, -0.15) is 5.26 Å². The quantitative estimate of drug-likeness (QED) is 0.667. The van der Waals surface area contributed by atoms with Crippen LogP contribution >= 0.6 is 11.3 Å². The number of allylic oxidation sites excluding steroid dienone is 1. The predicted octanol–water partition coefficient (Wildman–Crippen LogP) is 1.66. The van der Waals surface area contributed by atoms with Crippen molar-refractivity contribution in [1.29, 1.82) is 5.26 Å². The molecule has 62 valence electrons. The molecule has 0 aliphatic rings. The van der Waals surface area contributed by atoms with Crippen LogP contribution in [-0.2, 0) is 0 Å². The first-order valence-corrected chi connectivity index (χ1v) is 4.26. The summed E-state index contributed by atoms with van der Waals surface area (Å²) in [6, 6.07) is 2.01. The molecule has 0 saturated heterocycles. The highest BCUT2D eigenvalue weighted by Crippen LogP contribution is 2.19. The van der Waals surface area contributed by atoms with Crippen molar-refractivity contribution in [2.75, 3.05) is 0 Å². The van der Waals surface area contributed by atoms with Gasteiger partial charge in [0.15, 0.2) is 0 Å². The van der Waals surface area contributed by atoms with Gasteiger partial charge in [0, 0.05) is 6.20 Å². The van der Waals surface area contributed by atoms with Crippen molar-refractivity contribution in [3.8, 4) is 6.07 Å². The summed E-state index contributed by atoms with van der Waals surface area (Å²) in [6.45, 7) is 3.60. The standard InChI is InChI=1S/C8H9N3S/c1-5(3-9)8(10)7-4-11-6(2)12-7/h4H,10H2,1-2H3. The number of nitriles is 1. The molecule has 1 aromatic heterocycles. The molecule has 0 fully saturated rings. The molecule has 0 aromatic carbocycles. The highest BCUT2D eigenvalue weighted by molar-refractivity contribution is 7.12. The van der Waals surface area contributed by atoms with Crippen LogP contribution < -0.4 is 5.73 Å². The molecule has 0 unspecified atom stereocenters. The Morgan fingerprint density at radius 1 is 1.75 bits per heavy atom. The maximum atomic E-state index is 8.57. The number of hydrogen-bond donors (Lipinski definition) is 1. The zero-order chi connectivity index (χ0) is 9.14. The van der Waals surface area contributed by atoms with E-state index in [9.17, 15) is 0 Å². The maximum absolute atomic E-state index is 8.57. The molecule has 12 heavy (non-hydrogen) atoms. The Labute approximate surface area is 75.2 Å². The molecule has 4 heteroatoms. The van der Waals surface area contributed by atoms with Gasteiger partial charge in [0.05, 0.1) is 27.2 Å². The van der Waals surface area contributed by atoms with Crippen molar-refractivity contribution >= 4 is 17.0 Å². The molecule has 0 radical (unpaired) electrons. The van der Waals surface area contributed by atoms with Crippen molar-refractivity contribution in [1.82, 2.24) is 4.98 Å². The van der Waals surface area contributed by atoms with E-state index in [2.05, 4.69) is 4.98 Å². The number of nitrogens with two attached hydrogens (primary N) is 1. The minimum atomic E-state index is 0.531. The number of nitrogens with zero attached hydrogens (tertiary/aromatic N) is 2. The summed E-state index contributed by atoms with van der Waals surface area (Å²) < 4.78 is 0. The summed E-state index contributed by atoms with van der Waals surface area (Å²) in [5.74, 6) is 0. The monoisotopic (exact) mass is 179 g/mol. The van der Waals surface area contributed by atoms with E-state index in [0.717, 1.165) is 9.88 Å². The molecule has 0 spiro atoms. The fraction of sp³-hybridized carbons (Fsp3) is 0.250. The largest absolute Gasteiger partial charge is 0.397 e. The van der Waals surface area contributed by atoms with Gasteiger partial charge in [-0.3, -0.25) is 0 Å². The average molecular weight is 179 g/mol. The van der Waals surface area contributed by atoms with Gasteiger partial charge in [-0.15, -0.1) is 11.3 Å². The predicted molar refractivity (Wildman–Crippen MR) is 49.2 cm³/mol. The van der Waals surface area contributed by atoms with Gasteiger partial charge in [0.1, 0.15) is 0 Å². The lowest BCUT2D eigenvalue weighted by Crippen LogP contribution is -1.96. The molecule has 0 atom stereocenters. The third-order valence-electron chi connectivity index (χ3n) is 1.46. The number of aromatic nitrogens is 1. The van der Waals surface area contributed by atoms with E-state index in [1.54, 1.807) is 13.1 Å². The van der Waals surface area contributed by atoms with Gasteiger partial charge in [-0.25, -0.2) is 4.98 Å². The lowest BCUT2D eigenvalue weighted by atomic mass is 10.2. The van der Waals surface area contributed by atoms with Gasteiger partial charge < -0.3 is 5.73 Å². The summed E-state index contributed by atoms with van der Waals surface area (Å²) in [5, 5.41) is 9.53. The van der Waals surface area contributed by atoms with E-state index in [1.807, 2.05) is 13.0 Å². The van der Waals surface area contributed by atoms with Crippen LogP contribution in [0.1, 0.15) is 16.8 Å². The van der Waals surface area contributed by atoms with Gasteiger partial charge in [0.2, 0.25) is 0 Å². The summed E-state index contributed by atoms with van der Waals surface area (Å²) in [4.78, 5) is 4.92. The van der Waals surface area contributed by atoms with E-state index in [1.165, 1.54) is 11.3 Å². The molecule has 1 rings (SSSR count). The lowest BCUT2D eigenvalue weighted by Gasteiger charge is -1.95. The van der Waals surface area contributed by atoms with Crippen LogP contribution in [0.4, 0.5) is 0 Å². The Balaban J connectivity index is 3.09.